The summed E-state index contributed by atoms with van der Waals surface area (Å²) in [4.78, 5) is 4.70. The molecule has 1 N–H and O–H groups in total. The lowest BCUT2D eigenvalue weighted by Gasteiger charge is -2.13. The van der Waals surface area contributed by atoms with Gasteiger partial charge in [0, 0.05) is 17.3 Å². The molecule has 1 heterocycles. The summed E-state index contributed by atoms with van der Waals surface area (Å²) in [5.74, 6) is 0.856. The first-order chi connectivity index (χ1) is 9.39. The Kier molecular flexibility index (Phi) is 7.75. The van der Waals surface area contributed by atoms with Crippen LogP contribution in [0.4, 0.5) is 0 Å². The van der Waals surface area contributed by atoms with E-state index >= 15 is 0 Å². The third-order valence-electron chi connectivity index (χ3n) is 3.38. The highest BCUT2D eigenvalue weighted by atomic mass is 32.1. The van der Waals surface area contributed by atoms with Crippen LogP contribution in [0, 0.1) is 5.92 Å². The van der Waals surface area contributed by atoms with E-state index in [9.17, 15) is 0 Å². The first-order valence-corrected chi connectivity index (χ1v) is 8.93. The van der Waals surface area contributed by atoms with Gasteiger partial charge in [0.15, 0.2) is 0 Å². The highest BCUT2D eigenvalue weighted by molar-refractivity contribution is 7.09. The van der Waals surface area contributed by atoms with E-state index in [4.69, 9.17) is 4.98 Å². The molecule has 0 unspecified atom stereocenters. The van der Waals surface area contributed by atoms with E-state index in [1.807, 2.05) is 0 Å². The minimum absolute atomic E-state index is 0.180. The molecule has 0 aromatic carbocycles. The molecule has 1 aromatic rings. The lowest BCUT2D eigenvalue weighted by molar-refractivity contribution is 0.511. The van der Waals surface area contributed by atoms with E-state index in [0.717, 1.165) is 19.0 Å². The maximum absolute atomic E-state index is 4.70. The summed E-state index contributed by atoms with van der Waals surface area (Å²) in [7, 11) is 0. The Balaban J connectivity index is 2.06. The van der Waals surface area contributed by atoms with Crippen molar-refractivity contribution < 1.29 is 0 Å². The monoisotopic (exact) mass is 296 g/mol. The summed E-state index contributed by atoms with van der Waals surface area (Å²) < 4.78 is 0. The van der Waals surface area contributed by atoms with Crippen molar-refractivity contribution in [1.29, 1.82) is 0 Å². The molecule has 1 aromatic heterocycles. The van der Waals surface area contributed by atoms with E-state index in [0.29, 0.717) is 0 Å². The van der Waals surface area contributed by atoms with Crippen LogP contribution >= 0.6 is 11.3 Å². The molecule has 0 fully saturated rings. The molecule has 0 aliphatic heterocycles. The average Bonchev–Trinajstić information content (AvgIpc) is 2.80. The summed E-state index contributed by atoms with van der Waals surface area (Å²) in [6, 6.07) is 0. The topological polar surface area (TPSA) is 24.9 Å². The standard InChI is InChI=1S/C17H32N2S/c1-14(2)10-8-6-7-9-11-18-12-15-13-20-16(19-15)17(3,4)5/h13-14,18H,6-12H2,1-5H3. The first kappa shape index (κ1) is 17.6. The van der Waals surface area contributed by atoms with Gasteiger partial charge in [-0.3, -0.25) is 0 Å². The molecule has 0 amide bonds. The van der Waals surface area contributed by atoms with Gasteiger partial charge in [-0.05, 0) is 18.9 Å². The molecule has 0 radical (unpaired) electrons. The third-order valence-corrected chi connectivity index (χ3v) is 4.70. The van der Waals surface area contributed by atoms with E-state index < -0.39 is 0 Å². The van der Waals surface area contributed by atoms with Crippen LogP contribution in [0.1, 0.15) is 77.4 Å². The van der Waals surface area contributed by atoms with E-state index in [-0.39, 0.29) is 5.41 Å². The molecule has 3 heteroatoms. The summed E-state index contributed by atoms with van der Waals surface area (Å²) in [5, 5.41) is 6.94. The second kappa shape index (κ2) is 8.78. The fourth-order valence-corrected chi connectivity index (χ4v) is 3.01. The van der Waals surface area contributed by atoms with Gasteiger partial charge in [0.05, 0.1) is 10.7 Å². The van der Waals surface area contributed by atoms with Crippen LogP contribution in [-0.2, 0) is 12.0 Å². The molecule has 20 heavy (non-hydrogen) atoms. The van der Waals surface area contributed by atoms with Crippen LogP contribution in [0.5, 0.6) is 0 Å². The van der Waals surface area contributed by atoms with Crippen molar-refractivity contribution in [3.8, 4) is 0 Å². The quantitative estimate of drug-likeness (QED) is 0.638. The van der Waals surface area contributed by atoms with E-state index in [1.165, 1.54) is 42.8 Å². The van der Waals surface area contributed by atoms with Crippen molar-refractivity contribution in [3.63, 3.8) is 0 Å². The molecule has 0 spiro atoms. The molecule has 0 aliphatic carbocycles. The zero-order chi connectivity index (χ0) is 15.0. The van der Waals surface area contributed by atoms with Gasteiger partial charge >= 0.3 is 0 Å². The largest absolute Gasteiger partial charge is 0.311 e. The van der Waals surface area contributed by atoms with Crippen LogP contribution < -0.4 is 5.32 Å². The Morgan fingerprint density at radius 1 is 1.15 bits per heavy atom. The number of nitrogens with one attached hydrogen (secondary N) is 1. The second-order valence-corrected chi connectivity index (χ2v) is 8.03. The molecular weight excluding hydrogens is 264 g/mol. The fourth-order valence-electron chi connectivity index (χ4n) is 2.11. The number of hydrogen-bond acceptors (Lipinski definition) is 3. The number of hydrogen-bond donors (Lipinski definition) is 1. The second-order valence-electron chi connectivity index (χ2n) is 7.17. The number of unbranched alkanes of at least 4 members (excludes halogenated alkanes) is 3. The fraction of sp³-hybridized carbons (Fsp3) is 0.824. The van der Waals surface area contributed by atoms with Crippen LogP contribution in [0.2, 0.25) is 0 Å². The maximum Gasteiger partial charge on any atom is 0.0982 e. The minimum atomic E-state index is 0.180. The predicted molar refractivity (Wildman–Crippen MR) is 90.4 cm³/mol. The van der Waals surface area contributed by atoms with Crippen molar-refractivity contribution in [2.75, 3.05) is 6.54 Å². The van der Waals surface area contributed by atoms with Crippen molar-refractivity contribution >= 4 is 11.3 Å². The molecular formula is C17H32N2S. The lowest BCUT2D eigenvalue weighted by atomic mass is 9.98. The molecule has 0 aliphatic rings. The van der Waals surface area contributed by atoms with E-state index in [1.54, 1.807) is 11.3 Å². The Labute approximate surface area is 129 Å². The molecule has 0 atom stereocenters. The number of rotatable bonds is 9. The number of thiazole rings is 1. The molecule has 1 rings (SSSR count). The van der Waals surface area contributed by atoms with E-state index in [2.05, 4.69) is 45.3 Å². The molecule has 2 nitrogen and oxygen atoms in total. The number of aromatic nitrogens is 1. The van der Waals surface area contributed by atoms with Crippen LogP contribution in [0.3, 0.4) is 0 Å². The van der Waals surface area contributed by atoms with Crippen molar-refractivity contribution in [1.82, 2.24) is 10.3 Å². The van der Waals surface area contributed by atoms with Gasteiger partial charge in [-0.25, -0.2) is 4.98 Å². The highest BCUT2D eigenvalue weighted by Gasteiger charge is 2.17. The average molecular weight is 297 g/mol. The van der Waals surface area contributed by atoms with Crippen molar-refractivity contribution in [3.05, 3.63) is 16.1 Å². The van der Waals surface area contributed by atoms with Gasteiger partial charge in [0.1, 0.15) is 0 Å². The van der Waals surface area contributed by atoms with Crippen molar-refractivity contribution in [2.24, 2.45) is 5.92 Å². The highest BCUT2D eigenvalue weighted by Crippen LogP contribution is 2.25. The van der Waals surface area contributed by atoms with Crippen molar-refractivity contribution in [2.45, 2.75) is 78.7 Å². The predicted octanol–water partition coefficient (Wildman–Crippen LogP) is 5.14. The van der Waals surface area contributed by atoms with Crippen LogP contribution in [0.25, 0.3) is 0 Å². The van der Waals surface area contributed by atoms with Crippen LogP contribution in [0.15, 0.2) is 5.38 Å². The minimum Gasteiger partial charge on any atom is -0.311 e. The number of nitrogens with zero attached hydrogens (tertiary/aromatic N) is 1. The molecule has 0 bridgehead atoms. The summed E-state index contributed by atoms with van der Waals surface area (Å²) in [6.45, 7) is 13.3. The SMILES string of the molecule is CC(C)CCCCCCNCc1csc(C(C)(C)C)n1. The zero-order valence-corrected chi connectivity index (χ0v) is 14.8. The van der Waals surface area contributed by atoms with Gasteiger partial charge in [-0.15, -0.1) is 11.3 Å². The first-order valence-electron chi connectivity index (χ1n) is 8.05. The van der Waals surface area contributed by atoms with Gasteiger partial charge in [-0.1, -0.05) is 60.3 Å². The smallest absolute Gasteiger partial charge is 0.0982 e. The summed E-state index contributed by atoms with van der Waals surface area (Å²) in [6.07, 6.45) is 6.78. The Hall–Kier alpha value is -0.410. The van der Waals surface area contributed by atoms with Gasteiger partial charge in [0.25, 0.3) is 0 Å². The van der Waals surface area contributed by atoms with Gasteiger partial charge < -0.3 is 5.32 Å². The van der Waals surface area contributed by atoms with Crippen LogP contribution in [-0.4, -0.2) is 11.5 Å². The molecule has 0 saturated heterocycles. The Bertz CT molecular complexity index is 363. The Morgan fingerprint density at radius 2 is 1.85 bits per heavy atom. The Morgan fingerprint density at radius 3 is 2.45 bits per heavy atom. The molecule has 116 valence electrons. The normalized spacial score (nSPS) is 12.3. The van der Waals surface area contributed by atoms with Gasteiger partial charge in [0.2, 0.25) is 0 Å². The van der Waals surface area contributed by atoms with Gasteiger partial charge in [-0.2, -0.15) is 0 Å². The summed E-state index contributed by atoms with van der Waals surface area (Å²) >= 11 is 1.78. The lowest BCUT2D eigenvalue weighted by Crippen LogP contribution is -2.16. The third kappa shape index (κ3) is 7.39. The summed E-state index contributed by atoms with van der Waals surface area (Å²) in [5.41, 5.74) is 1.37. The maximum atomic E-state index is 4.70. The molecule has 0 saturated carbocycles. The zero-order valence-electron chi connectivity index (χ0n) is 14.0.